The van der Waals surface area contributed by atoms with Crippen molar-refractivity contribution in [2.24, 2.45) is 0 Å². The second kappa shape index (κ2) is 8.51. The fourth-order valence-electron chi connectivity index (χ4n) is 2.13. The summed E-state index contributed by atoms with van der Waals surface area (Å²) in [4.78, 5) is 22.7. The summed E-state index contributed by atoms with van der Waals surface area (Å²) in [6.07, 6.45) is 3.25. The standard InChI is InChI=1S/C16H18O6/c1-3-21-9-7-11-5-6-13(15(17)18)14(16(19)20)12(11)8-10-22-4-2/h3-6H,1-2,7-10H2,(H,17,18)(H,19,20). The summed E-state index contributed by atoms with van der Waals surface area (Å²) in [6.45, 7) is 7.38. The van der Waals surface area contributed by atoms with E-state index in [9.17, 15) is 14.7 Å². The number of benzene rings is 1. The van der Waals surface area contributed by atoms with Crippen molar-refractivity contribution in [2.75, 3.05) is 13.2 Å². The Morgan fingerprint density at radius 3 is 2.09 bits per heavy atom. The molecule has 6 nitrogen and oxygen atoms in total. The third-order valence-electron chi connectivity index (χ3n) is 3.05. The van der Waals surface area contributed by atoms with Crippen molar-refractivity contribution in [2.45, 2.75) is 12.8 Å². The number of rotatable bonds is 10. The molecule has 0 saturated heterocycles. The van der Waals surface area contributed by atoms with Gasteiger partial charge in [-0.3, -0.25) is 0 Å². The van der Waals surface area contributed by atoms with Crippen LogP contribution in [0.5, 0.6) is 0 Å². The summed E-state index contributed by atoms with van der Waals surface area (Å²) in [5.41, 5.74) is 0.685. The highest BCUT2D eigenvalue weighted by molar-refractivity contribution is 6.03. The molecule has 0 aliphatic carbocycles. The van der Waals surface area contributed by atoms with Crippen molar-refractivity contribution < 1.29 is 29.3 Å². The Hall–Kier alpha value is -2.76. The molecule has 0 saturated carbocycles. The number of carbonyl (C=O) groups is 2. The largest absolute Gasteiger partial charge is 0.501 e. The van der Waals surface area contributed by atoms with Crippen molar-refractivity contribution in [3.8, 4) is 0 Å². The molecule has 0 spiro atoms. The molecule has 118 valence electrons. The van der Waals surface area contributed by atoms with Gasteiger partial charge in [-0.15, -0.1) is 0 Å². The van der Waals surface area contributed by atoms with Gasteiger partial charge in [0.25, 0.3) is 0 Å². The van der Waals surface area contributed by atoms with Crippen molar-refractivity contribution >= 4 is 11.9 Å². The lowest BCUT2D eigenvalue weighted by Crippen LogP contribution is -2.15. The molecule has 0 bridgehead atoms. The van der Waals surface area contributed by atoms with E-state index in [-0.39, 0.29) is 24.2 Å². The second-order valence-electron chi connectivity index (χ2n) is 4.31. The molecular weight excluding hydrogens is 288 g/mol. The molecule has 22 heavy (non-hydrogen) atoms. The number of carboxylic acid groups (broad SMARTS) is 2. The normalized spacial score (nSPS) is 9.82. The number of ether oxygens (including phenoxy) is 2. The lowest BCUT2D eigenvalue weighted by atomic mass is 9.92. The van der Waals surface area contributed by atoms with Crippen LogP contribution in [-0.4, -0.2) is 35.4 Å². The molecular formula is C16H18O6. The van der Waals surface area contributed by atoms with Crippen molar-refractivity contribution in [3.05, 3.63) is 60.1 Å². The van der Waals surface area contributed by atoms with Crippen LogP contribution in [0.2, 0.25) is 0 Å². The Kier molecular flexibility index (Phi) is 6.69. The maximum atomic E-state index is 11.5. The third-order valence-corrected chi connectivity index (χ3v) is 3.05. The molecule has 2 N–H and O–H groups in total. The quantitative estimate of drug-likeness (QED) is 0.509. The van der Waals surface area contributed by atoms with Gasteiger partial charge in [-0.25, -0.2) is 9.59 Å². The van der Waals surface area contributed by atoms with Gasteiger partial charge < -0.3 is 19.7 Å². The Morgan fingerprint density at radius 1 is 1.00 bits per heavy atom. The van der Waals surface area contributed by atoms with E-state index in [0.29, 0.717) is 24.2 Å². The van der Waals surface area contributed by atoms with Gasteiger partial charge in [0.2, 0.25) is 0 Å². The van der Waals surface area contributed by atoms with Crippen LogP contribution in [0, 0.1) is 0 Å². The fraction of sp³-hybridized carbons (Fsp3) is 0.250. The van der Waals surface area contributed by atoms with Gasteiger partial charge in [-0.1, -0.05) is 19.2 Å². The summed E-state index contributed by atoms with van der Waals surface area (Å²) in [5.74, 6) is -2.56. The minimum Gasteiger partial charge on any atom is -0.501 e. The van der Waals surface area contributed by atoms with Crippen LogP contribution < -0.4 is 0 Å². The van der Waals surface area contributed by atoms with E-state index >= 15 is 0 Å². The molecule has 0 unspecified atom stereocenters. The maximum Gasteiger partial charge on any atom is 0.336 e. The third kappa shape index (κ3) is 4.37. The highest BCUT2D eigenvalue weighted by atomic mass is 16.5. The molecule has 0 aliphatic rings. The molecule has 0 fully saturated rings. The van der Waals surface area contributed by atoms with E-state index in [1.165, 1.54) is 18.6 Å². The predicted octanol–water partition coefficient (Wildman–Crippen LogP) is 2.49. The van der Waals surface area contributed by atoms with Gasteiger partial charge in [-0.2, -0.15) is 0 Å². The zero-order chi connectivity index (χ0) is 16.5. The van der Waals surface area contributed by atoms with Crippen molar-refractivity contribution in [1.29, 1.82) is 0 Å². The van der Waals surface area contributed by atoms with Crippen molar-refractivity contribution in [3.63, 3.8) is 0 Å². The van der Waals surface area contributed by atoms with Gasteiger partial charge in [0.05, 0.1) is 36.9 Å². The summed E-state index contributed by atoms with van der Waals surface area (Å²) >= 11 is 0. The first-order valence-corrected chi connectivity index (χ1v) is 6.59. The average Bonchev–Trinajstić information content (AvgIpc) is 2.47. The minimum atomic E-state index is -1.28. The Labute approximate surface area is 128 Å². The molecule has 0 atom stereocenters. The number of hydrogen-bond donors (Lipinski definition) is 2. The molecule has 1 aromatic carbocycles. The molecule has 0 heterocycles. The van der Waals surface area contributed by atoms with Crippen LogP contribution in [0.3, 0.4) is 0 Å². The van der Waals surface area contributed by atoms with E-state index in [1.807, 2.05) is 0 Å². The highest BCUT2D eigenvalue weighted by Gasteiger charge is 2.22. The average molecular weight is 306 g/mol. The second-order valence-corrected chi connectivity index (χ2v) is 4.31. The lowest BCUT2D eigenvalue weighted by molar-refractivity contribution is 0.0650. The number of hydrogen-bond acceptors (Lipinski definition) is 4. The first kappa shape index (κ1) is 17.3. The van der Waals surface area contributed by atoms with Crippen LogP contribution in [-0.2, 0) is 22.3 Å². The van der Waals surface area contributed by atoms with E-state index < -0.39 is 11.9 Å². The number of carboxylic acids is 2. The summed E-state index contributed by atoms with van der Waals surface area (Å²) in [6, 6.07) is 2.90. The van der Waals surface area contributed by atoms with Crippen LogP contribution in [0.25, 0.3) is 0 Å². The maximum absolute atomic E-state index is 11.5. The number of aromatic carboxylic acids is 2. The highest BCUT2D eigenvalue weighted by Crippen LogP contribution is 2.22. The summed E-state index contributed by atoms with van der Waals surface area (Å²) in [7, 11) is 0. The molecule has 6 heteroatoms. The lowest BCUT2D eigenvalue weighted by Gasteiger charge is -2.15. The zero-order valence-electron chi connectivity index (χ0n) is 12.1. The summed E-state index contributed by atoms with van der Waals surface area (Å²) < 4.78 is 10.1. The van der Waals surface area contributed by atoms with E-state index in [4.69, 9.17) is 14.6 Å². The van der Waals surface area contributed by atoms with Gasteiger partial charge >= 0.3 is 11.9 Å². The van der Waals surface area contributed by atoms with Crippen molar-refractivity contribution in [1.82, 2.24) is 0 Å². The fourth-order valence-corrected chi connectivity index (χ4v) is 2.13. The molecule has 1 rings (SSSR count). The van der Waals surface area contributed by atoms with E-state index in [2.05, 4.69) is 13.2 Å². The Balaban J connectivity index is 3.27. The van der Waals surface area contributed by atoms with Crippen LogP contribution >= 0.6 is 0 Å². The monoisotopic (exact) mass is 306 g/mol. The summed E-state index contributed by atoms with van der Waals surface area (Å²) in [5, 5.41) is 18.5. The molecule has 0 aromatic heterocycles. The van der Waals surface area contributed by atoms with Gasteiger partial charge in [-0.05, 0) is 17.2 Å². The van der Waals surface area contributed by atoms with Crippen LogP contribution in [0.4, 0.5) is 0 Å². The van der Waals surface area contributed by atoms with Gasteiger partial charge in [0.1, 0.15) is 0 Å². The van der Waals surface area contributed by atoms with Crippen LogP contribution in [0.15, 0.2) is 37.8 Å². The first-order valence-electron chi connectivity index (χ1n) is 6.59. The Morgan fingerprint density at radius 2 is 1.59 bits per heavy atom. The Bertz CT molecular complexity index is 576. The zero-order valence-corrected chi connectivity index (χ0v) is 12.1. The van der Waals surface area contributed by atoms with Gasteiger partial charge in [0.15, 0.2) is 0 Å². The first-order chi connectivity index (χ1) is 10.5. The van der Waals surface area contributed by atoms with Crippen LogP contribution in [0.1, 0.15) is 31.8 Å². The SMILES string of the molecule is C=COCCc1ccc(C(=O)O)c(C(=O)O)c1CCOC=C. The minimum absolute atomic E-state index is 0.210. The van der Waals surface area contributed by atoms with E-state index in [0.717, 1.165) is 0 Å². The molecule has 0 radical (unpaired) electrons. The molecule has 0 amide bonds. The molecule has 1 aromatic rings. The van der Waals surface area contributed by atoms with E-state index in [1.54, 1.807) is 6.07 Å². The topological polar surface area (TPSA) is 93.1 Å². The molecule has 0 aliphatic heterocycles. The predicted molar refractivity (Wildman–Crippen MR) is 80.1 cm³/mol. The smallest absolute Gasteiger partial charge is 0.336 e. The van der Waals surface area contributed by atoms with Gasteiger partial charge in [0, 0.05) is 12.8 Å².